The Morgan fingerprint density at radius 1 is 0.914 bits per heavy atom. The van der Waals surface area contributed by atoms with Crippen LogP contribution in [0.15, 0.2) is 64.4 Å². The lowest BCUT2D eigenvalue weighted by Gasteiger charge is -2.27. The van der Waals surface area contributed by atoms with Crippen molar-refractivity contribution in [2.24, 2.45) is 5.92 Å². The summed E-state index contributed by atoms with van der Waals surface area (Å²) in [7, 11) is 0. The van der Waals surface area contributed by atoms with Crippen LogP contribution in [-0.2, 0) is 4.74 Å². The van der Waals surface area contributed by atoms with Gasteiger partial charge >= 0.3 is 5.97 Å². The van der Waals surface area contributed by atoms with Gasteiger partial charge in [0.05, 0.1) is 16.8 Å². The van der Waals surface area contributed by atoms with Crippen LogP contribution in [0.5, 0.6) is 0 Å². The molecular formula is C29H27NO4S. The van der Waals surface area contributed by atoms with Crippen molar-refractivity contribution in [1.29, 1.82) is 0 Å². The SMILES string of the molecule is Cc1ccc(Sc2cc(C(=O)OC3CCC(C)CC3)c(N)c3c2C(=O)c2ccccc2C3=O)cc1. The minimum absolute atomic E-state index is 0.00952. The zero-order valence-corrected chi connectivity index (χ0v) is 20.6. The van der Waals surface area contributed by atoms with E-state index in [-0.39, 0.29) is 40.0 Å². The number of anilines is 1. The molecule has 2 aliphatic carbocycles. The fraction of sp³-hybridized carbons (Fsp3) is 0.276. The van der Waals surface area contributed by atoms with E-state index in [0.717, 1.165) is 36.1 Å². The molecule has 0 amide bonds. The van der Waals surface area contributed by atoms with Gasteiger partial charge < -0.3 is 10.5 Å². The van der Waals surface area contributed by atoms with Gasteiger partial charge in [-0.3, -0.25) is 9.59 Å². The predicted molar refractivity (Wildman–Crippen MR) is 136 cm³/mol. The first-order valence-corrected chi connectivity index (χ1v) is 12.8. The summed E-state index contributed by atoms with van der Waals surface area (Å²) in [4.78, 5) is 41.8. The Kier molecular flexibility index (Phi) is 6.24. The number of hydrogen-bond donors (Lipinski definition) is 1. The Labute approximate surface area is 209 Å². The van der Waals surface area contributed by atoms with Crippen molar-refractivity contribution in [3.8, 4) is 0 Å². The number of ketones is 2. The average Bonchev–Trinajstić information content (AvgIpc) is 2.86. The first-order valence-electron chi connectivity index (χ1n) is 11.9. The molecular weight excluding hydrogens is 458 g/mol. The number of ether oxygens (including phenoxy) is 1. The van der Waals surface area contributed by atoms with Crippen LogP contribution in [0.1, 0.15) is 80.4 Å². The molecule has 2 aliphatic rings. The zero-order valence-electron chi connectivity index (χ0n) is 19.8. The van der Waals surface area contributed by atoms with E-state index >= 15 is 0 Å². The van der Waals surface area contributed by atoms with Gasteiger partial charge in [0.15, 0.2) is 11.6 Å². The van der Waals surface area contributed by atoms with Crippen molar-refractivity contribution in [2.75, 3.05) is 5.73 Å². The van der Waals surface area contributed by atoms with Crippen molar-refractivity contribution in [3.63, 3.8) is 0 Å². The maximum atomic E-state index is 13.6. The highest BCUT2D eigenvalue weighted by Crippen LogP contribution is 2.41. The molecule has 0 bridgehead atoms. The second-order valence-electron chi connectivity index (χ2n) is 9.49. The van der Waals surface area contributed by atoms with Gasteiger partial charge in [0, 0.05) is 26.5 Å². The molecule has 0 heterocycles. The topological polar surface area (TPSA) is 86.5 Å². The first kappa shape index (κ1) is 23.4. The third-order valence-electron chi connectivity index (χ3n) is 6.91. The molecule has 6 heteroatoms. The number of carbonyl (C=O) groups is 3. The molecule has 0 spiro atoms. The lowest BCUT2D eigenvalue weighted by atomic mass is 9.82. The predicted octanol–water partition coefficient (Wildman–Crippen LogP) is 6.24. The number of nitrogen functional groups attached to an aromatic ring is 1. The number of esters is 1. The monoisotopic (exact) mass is 485 g/mol. The Hall–Kier alpha value is -3.38. The minimum atomic E-state index is -0.547. The van der Waals surface area contributed by atoms with E-state index in [4.69, 9.17) is 10.5 Å². The van der Waals surface area contributed by atoms with Crippen LogP contribution in [0.2, 0.25) is 0 Å². The molecule has 2 N–H and O–H groups in total. The van der Waals surface area contributed by atoms with E-state index in [9.17, 15) is 14.4 Å². The molecule has 5 nitrogen and oxygen atoms in total. The van der Waals surface area contributed by atoms with Gasteiger partial charge in [0.1, 0.15) is 6.10 Å². The normalized spacial score (nSPS) is 19.1. The van der Waals surface area contributed by atoms with Crippen molar-refractivity contribution in [3.05, 3.63) is 88.0 Å². The van der Waals surface area contributed by atoms with Gasteiger partial charge in [-0.15, -0.1) is 0 Å². The van der Waals surface area contributed by atoms with Crippen molar-refractivity contribution >= 4 is 35.0 Å². The van der Waals surface area contributed by atoms with Crippen LogP contribution in [0, 0.1) is 12.8 Å². The van der Waals surface area contributed by atoms with Gasteiger partial charge in [-0.25, -0.2) is 4.79 Å². The summed E-state index contributed by atoms with van der Waals surface area (Å²) >= 11 is 1.34. The van der Waals surface area contributed by atoms with Crippen molar-refractivity contribution in [2.45, 2.75) is 55.4 Å². The summed E-state index contributed by atoms with van der Waals surface area (Å²) in [6.45, 7) is 4.20. The fourth-order valence-corrected chi connectivity index (χ4v) is 5.83. The molecule has 0 atom stereocenters. The summed E-state index contributed by atoms with van der Waals surface area (Å²) in [6, 6.07) is 16.2. The molecule has 0 aliphatic heterocycles. The zero-order chi connectivity index (χ0) is 24.7. The molecule has 5 rings (SSSR count). The van der Waals surface area contributed by atoms with Gasteiger partial charge in [-0.1, -0.05) is 60.6 Å². The quantitative estimate of drug-likeness (QED) is 0.272. The maximum Gasteiger partial charge on any atom is 0.340 e. The number of nitrogens with two attached hydrogens (primary N) is 1. The fourth-order valence-electron chi connectivity index (χ4n) is 4.83. The molecule has 0 radical (unpaired) electrons. The summed E-state index contributed by atoms with van der Waals surface area (Å²) in [5.41, 5.74) is 8.69. The van der Waals surface area contributed by atoms with E-state index < -0.39 is 5.97 Å². The second kappa shape index (κ2) is 9.34. The van der Waals surface area contributed by atoms with Crippen molar-refractivity contribution < 1.29 is 19.1 Å². The highest BCUT2D eigenvalue weighted by Gasteiger charge is 2.36. The Bertz CT molecular complexity index is 1340. The van der Waals surface area contributed by atoms with E-state index in [0.29, 0.717) is 21.9 Å². The van der Waals surface area contributed by atoms with Crippen LogP contribution >= 0.6 is 11.8 Å². The van der Waals surface area contributed by atoms with E-state index in [1.807, 2.05) is 31.2 Å². The number of aryl methyl sites for hydroxylation is 1. The Balaban J connectivity index is 1.61. The molecule has 0 aromatic heterocycles. The van der Waals surface area contributed by atoms with Gasteiger partial charge in [0.25, 0.3) is 0 Å². The molecule has 0 saturated heterocycles. The first-order chi connectivity index (χ1) is 16.8. The summed E-state index contributed by atoms with van der Waals surface area (Å²) in [6.07, 6.45) is 3.48. The average molecular weight is 486 g/mol. The molecule has 0 unspecified atom stereocenters. The second-order valence-corrected chi connectivity index (χ2v) is 10.6. The van der Waals surface area contributed by atoms with Gasteiger partial charge in [0.2, 0.25) is 0 Å². The Morgan fingerprint density at radius 2 is 1.51 bits per heavy atom. The molecule has 3 aromatic carbocycles. The summed E-state index contributed by atoms with van der Waals surface area (Å²) in [5, 5.41) is 0. The van der Waals surface area contributed by atoms with E-state index in [2.05, 4.69) is 6.92 Å². The number of hydrogen-bond acceptors (Lipinski definition) is 6. The van der Waals surface area contributed by atoms with Crippen LogP contribution in [0.4, 0.5) is 5.69 Å². The van der Waals surface area contributed by atoms with E-state index in [1.165, 1.54) is 11.8 Å². The molecule has 1 saturated carbocycles. The van der Waals surface area contributed by atoms with Crippen molar-refractivity contribution in [1.82, 2.24) is 0 Å². The number of benzene rings is 3. The number of rotatable bonds is 4. The molecule has 3 aromatic rings. The van der Waals surface area contributed by atoms with E-state index in [1.54, 1.807) is 30.3 Å². The molecule has 1 fully saturated rings. The van der Waals surface area contributed by atoms with Crippen LogP contribution in [0.3, 0.4) is 0 Å². The van der Waals surface area contributed by atoms with Crippen LogP contribution < -0.4 is 5.73 Å². The minimum Gasteiger partial charge on any atom is -0.459 e. The van der Waals surface area contributed by atoms with Crippen LogP contribution in [-0.4, -0.2) is 23.6 Å². The lowest BCUT2D eigenvalue weighted by Crippen LogP contribution is -2.27. The molecule has 178 valence electrons. The lowest BCUT2D eigenvalue weighted by molar-refractivity contribution is 0.0174. The highest BCUT2D eigenvalue weighted by molar-refractivity contribution is 7.99. The van der Waals surface area contributed by atoms with Gasteiger partial charge in [-0.2, -0.15) is 0 Å². The standard InChI is InChI=1S/C29H27NO4S/c1-16-7-11-18(12-8-16)34-29(33)22-15-23(35-19-13-9-17(2)10-14-19)24-25(26(22)30)28(32)21-6-4-3-5-20(21)27(24)31/h3-6,9-10,13-16,18H,7-8,11-12,30H2,1-2H3. The van der Waals surface area contributed by atoms with Gasteiger partial charge in [-0.05, 0) is 56.7 Å². The Morgan fingerprint density at radius 3 is 2.14 bits per heavy atom. The third kappa shape index (κ3) is 4.39. The third-order valence-corrected chi connectivity index (χ3v) is 7.96. The highest BCUT2D eigenvalue weighted by atomic mass is 32.2. The number of fused-ring (bicyclic) bond motifs is 2. The summed E-state index contributed by atoms with van der Waals surface area (Å²) in [5.74, 6) is -0.535. The van der Waals surface area contributed by atoms with Crippen LogP contribution in [0.25, 0.3) is 0 Å². The maximum absolute atomic E-state index is 13.6. The largest absolute Gasteiger partial charge is 0.459 e. The molecule has 35 heavy (non-hydrogen) atoms. The number of carbonyl (C=O) groups excluding carboxylic acids is 3. The summed E-state index contributed by atoms with van der Waals surface area (Å²) < 4.78 is 5.83. The smallest absolute Gasteiger partial charge is 0.340 e.